The van der Waals surface area contributed by atoms with Crippen LogP contribution in [0.15, 0.2) is 35.3 Å². The molecule has 25 heavy (non-hydrogen) atoms. The van der Waals surface area contributed by atoms with Crippen molar-refractivity contribution in [3.63, 3.8) is 0 Å². The second kappa shape index (κ2) is 7.29. The second-order valence-electron chi connectivity index (χ2n) is 6.03. The molecule has 0 radical (unpaired) electrons. The van der Waals surface area contributed by atoms with Crippen molar-refractivity contribution in [1.82, 2.24) is 24.9 Å². The van der Waals surface area contributed by atoms with E-state index in [0.717, 1.165) is 11.6 Å². The monoisotopic (exact) mass is 343 g/mol. The molecule has 9 heteroatoms. The molecular formula is C16H21N7O2. The summed E-state index contributed by atoms with van der Waals surface area (Å²) in [6.07, 6.45) is 1.50. The quantitative estimate of drug-likeness (QED) is 0.736. The van der Waals surface area contributed by atoms with E-state index in [9.17, 15) is 9.59 Å². The molecule has 3 heterocycles. The number of hydrogen-bond donors (Lipinski definition) is 0. The van der Waals surface area contributed by atoms with Gasteiger partial charge in [-0.15, -0.1) is 10.2 Å². The Bertz CT molecular complexity index is 780. The molecule has 0 bridgehead atoms. The topological polar surface area (TPSA) is 87.5 Å². The van der Waals surface area contributed by atoms with Crippen molar-refractivity contribution >= 4 is 17.5 Å². The number of anilines is 2. The molecule has 0 aromatic carbocycles. The van der Waals surface area contributed by atoms with Crippen LogP contribution in [0.3, 0.4) is 0 Å². The average Bonchev–Trinajstić information content (AvgIpc) is 2.64. The average molecular weight is 343 g/mol. The molecule has 0 saturated carbocycles. The van der Waals surface area contributed by atoms with Crippen molar-refractivity contribution in [2.75, 3.05) is 50.1 Å². The molecule has 2 aromatic heterocycles. The minimum Gasteiger partial charge on any atom is -0.361 e. The molecule has 1 aliphatic heterocycles. The molecule has 1 amide bonds. The molecule has 0 aliphatic carbocycles. The lowest BCUT2D eigenvalue weighted by Gasteiger charge is -2.35. The number of hydrogen-bond acceptors (Lipinski definition) is 7. The summed E-state index contributed by atoms with van der Waals surface area (Å²) in [5, 5.41) is 12.4. The first kappa shape index (κ1) is 16.9. The van der Waals surface area contributed by atoms with E-state index < -0.39 is 0 Å². The predicted octanol–water partition coefficient (Wildman–Crippen LogP) is -0.552. The van der Waals surface area contributed by atoms with Gasteiger partial charge in [-0.25, -0.2) is 4.68 Å². The minimum atomic E-state index is -0.272. The number of aromatic nitrogens is 4. The van der Waals surface area contributed by atoms with Crippen molar-refractivity contribution in [3.05, 3.63) is 40.8 Å². The normalized spacial score (nSPS) is 14.5. The summed E-state index contributed by atoms with van der Waals surface area (Å²) in [6, 6.07) is 6.82. The molecule has 3 rings (SSSR count). The van der Waals surface area contributed by atoms with Gasteiger partial charge >= 0.3 is 0 Å². The lowest BCUT2D eigenvalue weighted by Crippen LogP contribution is -2.50. The number of piperazine rings is 1. The summed E-state index contributed by atoms with van der Waals surface area (Å²) >= 11 is 0. The van der Waals surface area contributed by atoms with E-state index in [4.69, 9.17) is 0 Å². The molecule has 1 aliphatic rings. The van der Waals surface area contributed by atoms with E-state index in [2.05, 4.69) is 20.2 Å². The molecule has 2 aromatic rings. The zero-order chi connectivity index (χ0) is 17.8. The fourth-order valence-electron chi connectivity index (χ4n) is 2.64. The maximum atomic E-state index is 12.4. The molecule has 1 fully saturated rings. The molecule has 0 N–H and O–H groups in total. The van der Waals surface area contributed by atoms with Crippen LogP contribution < -0.4 is 15.4 Å². The van der Waals surface area contributed by atoms with Crippen LogP contribution in [0.25, 0.3) is 0 Å². The van der Waals surface area contributed by atoms with Crippen molar-refractivity contribution in [1.29, 1.82) is 0 Å². The van der Waals surface area contributed by atoms with E-state index in [1.807, 2.05) is 31.1 Å². The van der Waals surface area contributed by atoms with Crippen LogP contribution in [-0.2, 0) is 11.3 Å². The largest absolute Gasteiger partial charge is 0.361 e. The van der Waals surface area contributed by atoms with E-state index >= 15 is 0 Å². The SMILES string of the molecule is CN(C)c1ccc(N2CCN(C(=O)Cn3ncccc3=O)CC2)nn1. The van der Waals surface area contributed by atoms with Gasteiger partial charge in [0.1, 0.15) is 6.54 Å². The lowest BCUT2D eigenvalue weighted by molar-refractivity contribution is -0.132. The zero-order valence-corrected chi connectivity index (χ0v) is 14.4. The van der Waals surface area contributed by atoms with Crippen LogP contribution in [0.2, 0.25) is 0 Å². The minimum absolute atomic E-state index is 0.0307. The van der Waals surface area contributed by atoms with Gasteiger partial charge < -0.3 is 14.7 Å². The summed E-state index contributed by atoms with van der Waals surface area (Å²) < 4.78 is 1.18. The predicted molar refractivity (Wildman–Crippen MR) is 93.6 cm³/mol. The summed E-state index contributed by atoms with van der Waals surface area (Å²) in [4.78, 5) is 29.8. The molecule has 9 nitrogen and oxygen atoms in total. The van der Waals surface area contributed by atoms with Crippen LogP contribution in [0.1, 0.15) is 0 Å². The number of rotatable bonds is 4. The van der Waals surface area contributed by atoms with Gasteiger partial charge in [0.15, 0.2) is 11.6 Å². The fourth-order valence-corrected chi connectivity index (χ4v) is 2.64. The Hall–Kier alpha value is -2.97. The standard InChI is InChI=1S/C16H21N7O2/c1-20(2)13-5-6-14(19-18-13)21-8-10-22(11-9-21)16(25)12-23-15(24)4-3-7-17-23/h3-7H,8-12H2,1-2H3. The Kier molecular flexibility index (Phi) is 4.92. The van der Waals surface area contributed by atoms with Crippen LogP contribution >= 0.6 is 0 Å². The van der Waals surface area contributed by atoms with Gasteiger partial charge in [0.05, 0.1) is 0 Å². The summed E-state index contributed by atoms with van der Waals surface area (Å²) in [7, 11) is 3.84. The van der Waals surface area contributed by atoms with Crippen molar-refractivity contribution in [2.24, 2.45) is 0 Å². The Balaban J connectivity index is 1.57. The highest BCUT2D eigenvalue weighted by molar-refractivity contribution is 5.76. The number of nitrogens with zero attached hydrogens (tertiary/aromatic N) is 7. The van der Waals surface area contributed by atoms with Crippen LogP contribution in [0.5, 0.6) is 0 Å². The molecule has 0 atom stereocenters. The Labute approximate surface area is 145 Å². The van der Waals surface area contributed by atoms with Gasteiger partial charge in [0.2, 0.25) is 5.91 Å². The van der Waals surface area contributed by atoms with Gasteiger partial charge in [-0.1, -0.05) is 0 Å². The summed E-state index contributed by atoms with van der Waals surface area (Å²) in [5.41, 5.74) is -0.272. The maximum absolute atomic E-state index is 12.4. The Morgan fingerprint density at radius 2 is 1.88 bits per heavy atom. The first-order valence-electron chi connectivity index (χ1n) is 8.10. The van der Waals surface area contributed by atoms with Gasteiger partial charge in [0, 0.05) is 52.5 Å². The van der Waals surface area contributed by atoms with Crippen LogP contribution in [0, 0.1) is 0 Å². The van der Waals surface area contributed by atoms with Gasteiger partial charge in [-0.3, -0.25) is 9.59 Å². The molecular weight excluding hydrogens is 322 g/mol. The number of amides is 1. The first-order valence-corrected chi connectivity index (χ1v) is 8.10. The third-order valence-electron chi connectivity index (χ3n) is 4.12. The first-order chi connectivity index (χ1) is 12.0. The van der Waals surface area contributed by atoms with E-state index in [1.165, 1.54) is 16.9 Å². The maximum Gasteiger partial charge on any atom is 0.267 e. The second-order valence-corrected chi connectivity index (χ2v) is 6.03. The molecule has 0 spiro atoms. The van der Waals surface area contributed by atoms with Crippen LogP contribution in [-0.4, -0.2) is 71.1 Å². The molecule has 1 saturated heterocycles. The third-order valence-corrected chi connectivity index (χ3v) is 4.12. The number of carbonyl (C=O) groups excluding carboxylic acids is 1. The zero-order valence-electron chi connectivity index (χ0n) is 14.4. The molecule has 132 valence electrons. The van der Waals surface area contributed by atoms with Gasteiger partial charge in [0.25, 0.3) is 5.56 Å². The van der Waals surface area contributed by atoms with Gasteiger partial charge in [-0.2, -0.15) is 5.10 Å². The summed E-state index contributed by atoms with van der Waals surface area (Å²) in [5.74, 6) is 1.51. The van der Waals surface area contributed by atoms with E-state index in [0.29, 0.717) is 26.2 Å². The van der Waals surface area contributed by atoms with Gasteiger partial charge in [-0.05, 0) is 18.2 Å². The highest BCUT2D eigenvalue weighted by Gasteiger charge is 2.22. The highest BCUT2D eigenvalue weighted by atomic mass is 16.2. The third kappa shape index (κ3) is 3.93. The highest BCUT2D eigenvalue weighted by Crippen LogP contribution is 2.15. The van der Waals surface area contributed by atoms with E-state index in [1.54, 1.807) is 11.0 Å². The van der Waals surface area contributed by atoms with Crippen molar-refractivity contribution in [3.8, 4) is 0 Å². The summed E-state index contributed by atoms with van der Waals surface area (Å²) in [6.45, 7) is 2.49. The van der Waals surface area contributed by atoms with Crippen molar-refractivity contribution < 1.29 is 4.79 Å². The smallest absolute Gasteiger partial charge is 0.267 e. The number of carbonyl (C=O) groups is 1. The Morgan fingerprint density at radius 1 is 1.12 bits per heavy atom. The fraction of sp³-hybridized carbons (Fsp3) is 0.438. The Morgan fingerprint density at radius 3 is 2.48 bits per heavy atom. The van der Waals surface area contributed by atoms with Crippen molar-refractivity contribution in [2.45, 2.75) is 6.54 Å². The lowest BCUT2D eigenvalue weighted by atomic mass is 10.3. The van der Waals surface area contributed by atoms with Crippen LogP contribution in [0.4, 0.5) is 11.6 Å². The molecule has 0 unspecified atom stereocenters. The van der Waals surface area contributed by atoms with E-state index in [-0.39, 0.29) is 18.0 Å².